The van der Waals surface area contributed by atoms with Gasteiger partial charge in [0.2, 0.25) is 0 Å². The van der Waals surface area contributed by atoms with Gasteiger partial charge in [0, 0.05) is 49.0 Å². The molecular weight excluding hydrogens is 383 g/mol. The Hall–Kier alpha value is -1.53. The van der Waals surface area contributed by atoms with Crippen molar-refractivity contribution in [1.82, 2.24) is 0 Å². The maximum absolute atomic E-state index is 9.60. The first-order chi connectivity index (χ1) is 9.66. The summed E-state index contributed by atoms with van der Waals surface area (Å²) in [4.78, 5) is 28.8. The summed E-state index contributed by atoms with van der Waals surface area (Å²) in [6.45, 7) is 17.2. The van der Waals surface area contributed by atoms with Crippen molar-refractivity contribution in [2.75, 3.05) is 0 Å². The molecule has 0 heterocycles. The molecule has 0 aromatic heterocycles. The minimum absolute atomic E-state index is 0. The fourth-order valence-electron chi connectivity index (χ4n) is 0. The summed E-state index contributed by atoms with van der Waals surface area (Å²) in [5, 5.41) is 31.7. The first-order valence-corrected chi connectivity index (χ1v) is 6.01. The van der Waals surface area contributed by atoms with Gasteiger partial charge >= 0.3 is 17.9 Å². The van der Waals surface area contributed by atoms with Gasteiger partial charge in [-0.2, -0.15) is 0 Å². The third-order valence-corrected chi connectivity index (χ3v) is 1.10. The second-order valence-corrected chi connectivity index (χ2v) is 4.35. The molecule has 0 aliphatic heterocycles. The van der Waals surface area contributed by atoms with E-state index in [0.29, 0.717) is 0 Å². The first-order valence-electron chi connectivity index (χ1n) is 6.01. The van der Waals surface area contributed by atoms with Crippen LogP contribution in [0.5, 0.6) is 0 Å². The van der Waals surface area contributed by atoms with E-state index in [9.17, 15) is 14.4 Å². The standard InChI is InChI=1S/3C4H6O2.C3H8O.Zr/c3*1-3(2)4(5)6;1-3(2)4;/h3*1H2,2H3,(H,5,6);3-4H,1-2H3;. The van der Waals surface area contributed by atoms with E-state index in [1.54, 1.807) is 13.8 Å². The SMILES string of the molecule is C=C(C)C(=O)O.C=C(C)C(=O)O.C=C(C)C(=O)O.CC(C)O.[Zr]. The molecule has 0 spiro atoms. The second-order valence-electron chi connectivity index (χ2n) is 4.35. The van der Waals surface area contributed by atoms with Gasteiger partial charge in [0.25, 0.3) is 0 Å². The Balaban J connectivity index is -0.0000000624. The van der Waals surface area contributed by atoms with E-state index in [1.807, 2.05) is 0 Å². The molecule has 0 aromatic rings. The van der Waals surface area contributed by atoms with E-state index in [2.05, 4.69) is 19.7 Å². The number of carboxylic acid groups (broad SMARTS) is 3. The average molecular weight is 410 g/mol. The number of aliphatic hydroxyl groups is 1. The van der Waals surface area contributed by atoms with E-state index in [4.69, 9.17) is 20.4 Å². The molecule has 0 radical (unpaired) electrons. The van der Waals surface area contributed by atoms with Crippen LogP contribution in [-0.2, 0) is 40.6 Å². The Bertz CT molecular complexity index is 316. The van der Waals surface area contributed by atoms with Crippen LogP contribution in [0.2, 0.25) is 0 Å². The molecule has 23 heavy (non-hydrogen) atoms. The molecule has 0 aliphatic carbocycles. The molecular formula is C15H26O7Zr. The number of carboxylic acids is 3. The third-order valence-electron chi connectivity index (χ3n) is 1.10. The van der Waals surface area contributed by atoms with Gasteiger partial charge in [-0.15, -0.1) is 0 Å². The van der Waals surface area contributed by atoms with Crippen LogP contribution in [0.3, 0.4) is 0 Å². The molecule has 0 bridgehead atoms. The molecule has 0 aromatic carbocycles. The van der Waals surface area contributed by atoms with Crippen molar-refractivity contribution in [3.05, 3.63) is 36.5 Å². The monoisotopic (exact) mass is 408 g/mol. The van der Waals surface area contributed by atoms with Gasteiger partial charge in [-0.3, -0.25) is 0 Å². The normalized spacial score (nSPS) is 7.43. The van der Waals surface area contributed by atoms with Crippen molar-refractivity contribution < 1.29 is 61.0 Å². The van der Waals surface area contributed by atoms with Crippen LogP contribution in [0, 0.1) is 0 Å². The van der Waals surface area contributed by atoms with Gasteiger partial charge in [-0.25, -0.2) is 14.4 Å². The molecule has 0 fully saturated rings. The summed E-state index contributed by atoms with van der Waals surface area (Å²) in [6.07, 6.45) is -0.167. The van der Waals surface area contributed by atoms with Crippen LogP contribution in [0.25, 0.3) is 0 Å². The molecule has 8 heteroatoms. The van der Waals surface area contributed by atoms with Crippen molar-refractivity contribution in [3.63, 3.8) is 0 Å². The van der Waals surface area contributed by atoms with E-state index in [1.165, 1.54) is 20.8 Å². The van der Waals surface area contributed by atoms with Crippen LogP contribution < -0.4 is 0 Å². The van der Waals surface area contributed by atoms with Crippen molar-refractivity contribution >= 4 is 17.9 Å². The Kier molecular flexibility index (Phi) is 29.5. The van der Waals surface area contributed by atoms with Gasteiger partial charge in [0.05, 0.1) is 0 Å². The first kappa shape index (κ1) is 33.2. The van der Waals surface area contributed by atoms with Crippen molar-refractivity contribution in [1.29, 1.82) is 0 Å². The van der Waals surface area contributed by atoms with E-state index in [-0.39, 0.29) is 49.0 Å². The number of carbonyl (C=O) groups is 3. The van der Waals surface area contributed by atoms with Gasteiger partial charge in [-0.05, 0) is 34.6 Å². The fraction of sp³-hybridized carbons (Fsp3) is 0.400. The zero-order chi connectivity index (χ0) is 19.0. The third kappa shape index (κ3) is 63.7. The van der Waals surface area contributed by atoms with Gasteiger partial charge in [-0.1, -0.05) is 19.7 Å². The summed E-state index contributed by atoms with van der Waals surface area (Å²) in [7, 11) is 0. The largest absolute Gasteiger partial charge is 0.478 e. The number of aliphatic carboxylic acids is 3. The maximum atomic E-state index is 9.60. The number of hydrogen-bond acceptors (Lipinski definition) is 4. The van der Waals surface area contributed by atoms with Crippen LogP contribution in [-0.4, -0.2) is 44.4 Å². The number of hydrogen-bond donors (Lipinski definition) is 4. The zero-order valence-electron chi connectivity index (χ0n) is 14.2. The summed E-state index contributed by atoms with van der Waals surface area (Å²) in [5.41, 5.74) is 0.528. The van der Waals surface area contributed by atoms with E-state index >= 15 is 0 Å². The quantitative estimate of drug-likeness (QED) is 0.526. The number of aliphatic hydroxyl groups excluding tert-OH is 1. The topological polar surface area (TPSA) is 132 Å². The minimum Gasteiger partial charge on any atom is -0.478 e. The van der Waals surface area contributed by atoms with Crippen LogP contribution in [0.4, 0.5) is 0 Å². The molecule has 0 unspecified atom stereocenters. The predicted octanol–water partition coefficient (Wildman–Crippen LogP) is 2.33. The van der Waals surface area contributed by atoms with Gasteiger partial charge in [0.15, 0.2) is 0 Å². The minimum atomic E-state index is -0.935. The predicted molar refractivity (Wildman–Crippen MR) is 84.7 cm³/mol. The molecule has 7 nitrogen and oxygen atoms in total. The summed E-state index contributed by atoms with van der Waals surface area (Å²) < 4.78 is 0. The molecule has 0 aliphatic rings. The number of rotatable bonds is 3. The second kappa shape index (κ2) is 20.5. The summed E-state index contributed by atoms with van der Waals surface area (Å²) in [6, 6.07) is 0. The Labute approximate surface area is 156 Å². The summed E-state index contributed by atoms with van der Waals surface area (Å²) in [5.74, 6) is -2.81. The van der Waals surface area contributed by atoms with Gasteiger partial charge < -0.3 is 20.4 Å². The molecule has 0 amide bonds. The molecule has 4 N–H and O–H groups in total. The maximum Gasteiger partial charge on any atom is 0.330 e. The Morgan fingerprint density at radius 1 is 0.696 bits per heavy atom. The summed E-state index contributed by atoms with van der Waals surface area (Å²) >= 11 is 0. The molecule has 0 atom stereocenters. The van der Waals surface area contributed by atoms with E-state index < -0.39 is 17.9 Å². The van der Waals surface area contributed by atoms with Crippen LogP contribution in [0.1, 0.15) is 34.6 Å². The molecule has 0 rings (SSSR count). The Morgan fingerprint density at radius 3 is 0.739 bits per heavy atom. The zero-order valence-corrected chi connectivity index (χ0v) is 16.7. The van der Waals surface area contributed by atoms with Crippen molar-refractivity contribution in [3.8, 4) is 0 Å². The van der Waals surface area contributed by atoms with E-state index in [0.717, 1.165) is 0 Å². The fourth-order valence-corrected chi connectivity index (χ4v) is 0. The van der Waals surface area contributed by atoms with Crippen molar-refractivity contribution in [2.24, 2.45) is 0 Å². The van der Waals surface area contributed by atoms with Crippen LogP contribution >= 0.6 is 0 Å². The van der Waals surface area contributed by atoms with Gasteiger partial charge in [0.1, 0.15) is 0 Å². The average Bonchev–Trinajstić information content (AvgIpc) is 2.29. The van der Waals surface area contributed by atoms with Crippen LogP contribution in [0.15, 0.2) is 36.5 Å². The molecule has 132 valence electrons. The Morgan fingerprint density at radius 2 is 0.739 bits per heavy atom. The van der Waals surface area contributed by atoms with Crippen molar-refractivity contribution in [2.45, 2.75) is 40.7 Å². The molecule has 0 saturated carbocycles. The molecule has 0 saturated heterocycles. The smallest absolute Gasteiger partial charge is 0.330 e.